The molecule has 0 unspecified atom stereocenters. The third-order valence-electron chi connectivity index (χ3n) is 6.17. The van der Waals surface area contributed by atoms with E-state index in [0.717, 1.165) is 27.6 Å². The fourth-order valence-corrected chi connectivity index (χ4v) is 4.92. The van der Waals surface area contributed by atoms with Gasteiger partial charge in [0, 0.05) is 16.9 Å². The highest BCUT2D eigenvalue weighted by molar-refractivity contribution is 6.39. The summed E-state index contributed by atoms with van der Waals surface area (Å²) in [4.78, 5) is 11.2. The first kappa shape index (κ1) is 24.9. The Kier molecular flexibility index (Phi) is 6.71. The summed E-state index contributed by atoms with van der Waals surface area (Å²) in [6, 6.07) is 18.3. The SMILES string of the molecule is Cc1cc(OCc2c(-c3c(Cl)cccc3Cl)noc2C(C)C)ccc1-c1ccc2cc(C(=O)O)oc2c1. The van der Waals surface area contributed by atoms with Crippen LogP contribution in [0.25, 0.3) is 33.4 Å². The van der Waals surface area contributed by atoms with E-state index in [4.69, 9.17) is 36.9 Å². The van der Waals surface area contributed by atoms with Crippen LogP contribution in [0.5, 0.6) is 5.75 Å². The normalized spacial score (nSPS) is 11.4. The van der Waals surface area contributed by atoms with Crippen LogP contribution < -0.4 is 4.74 Å². The van der Waals surface area contributed by atoms with Crippen molar-refractivity contribution in [2.75, 3.05) is 0 Å². The van der Waals surface area contributed by atoms with Gasteiger partial charge in [-0.2, -0.15) is 0 Å². The Bertz CT molecular complexity index is 1610. The topological polar surface area (TPSA) is 85.7 Å². The number of rotatable bonds is 7. The predicted octanol–water partition coefficient (Wildman–Crippen LogP) is 8.77. The molecule has 0 saturated carbocycles. The van der Waals surface area contributed by atoms with Gasteiger partial charge in [-0.1, -0.05) is 66.5 Å². The Morgan fingerprint density at radius 1 is 1.05 bits per heavy atom. The summed E-state index contributed by atoms with van der Waals surface area (Å²) in [6.07, 6.45) is 0. The minimum Gasteiger partial charge on any atom is -0.489 e. The van der Waals surface area contributed by atoms with E-state index in [0.29, 0.717) is 38.4 Å². The quantitative estimate of drug-likeness (QED) is 0.224. The van der Waals surface area contributed by atoms with Gasteiger partial charge >= 0.3 is 5.97 Å². The summed E-state index contributed by atoms with van der Waals surface area (Å²) in [5.74, 6) is 0.305. The van der Waals surface area contributed by atoms with E-state index in [2.05, 4.69) is 5.16 Å². The molecule has 8 heteroatoms. The number of ether oxygens (including phenoxy) is 1. The number of fused-ring (bicyclic) bond motifs is 1. The molecule has 6 nitrogen and oxygen atoms in total. The second kappa shape index (κ2) is 9.96. The molecule has 2 aromatic heterocycles. The number of furan rings is 1. The zero-order valence-corrected chi connectivity index (χ0v) is 21.9. The van der Waals surface area contributed by atoms with Crippen molar-refractivity contribution >= 4 is 40.1 Å². The molecule has 0 fully saturated rings. The largest absolute Gasteiger partial charge is 0.489 e. The summed E-state index contributed by atoms with van der Waals surface area (Å²) in [7, 11) is 0. The van der Waals surface area contributed by atoms with E-state index < -0.39 is 5.97 Å². The third-order valence-corrected chi connectivity index (χ3v) is 6.80. The summed E-state index contributed by atoms with van der Waals surface area (Å²) in [5.41, 5.74) is 5.40. The Morgan fingerprint density at radius 3 is 2.49 bits per heavy atom. The van der Waals surface area contributed by atoms with Gasteiger partial charge in [0.2, 0.25) is 5.76 Å². The average molecular weight is 536 g/mol. The molecular weight excluding hydrogens is 513 g/mol. The third kappa shape index (κ3) is 4.82. The number of hydrogen-bond donors (Lipinski definition) is 1. The number of aromatic carboxylic acids is 1. The highest BCUT2D eigenvalue weighted by Gasteiger charge is 2.24. The first-order chi connectivity index (χ1) is 17.7. The predicted molar refractivity (Wildman–Crippen MR) is 144 cm³/mol. The summed E-state index contributed by atoms with van der Waals surface area (Å²) >= 11 is 12.9. The molecule has 0 bridgehead atoms. The van der Waals surface area contributed by atoms with Crippen molar-refractivity contribution in [1.29, 1.82) is 0 Å². The fourth-order valence-electron chi connectivity index (χ4n) is 4.35. The molecule has 0 spiro atoms. The molecule has 0 radical (unpaired) electrons. The smallest absolute Gasteiger partial charge is 0.371 e. The van der Waals surface area contributed by atoms with Gasteiger partial charge in [0.05, 0.1) is 15.6 Å². The lowest BCUT2D eigenvalue weighted by molar-refractivity contribution is 0.0665. The molecule has 0 aliphatic carbocycles. The summed E-state index contributed by atoms with van der Waals surface area (Å²) < 4.78 is 17.3. The number of nitrogens with zero attached hydrogens (tertiary/aromatic N) is 1. The van der Waals surface area contributed by atoms with Gasteiger partial charge in [-0.05, 0) is 60.0 Å². The Balaban J connectivity index is 1.43. The number of benzene rings is 3. The lowest BCUT2D eigenvalue weighted by Crippen LogP contribution is -2.01. The van der Waals surface area contributed by atoms with Gasteiger partial charge in [0.1, 0.15) is 29.4 Å². The van der Waals surface area contributed by atoms with Crippen molar-refractivity contribution in [3.05, 3.63) is 93.4 Å². The highest BCUT2D eigenvalue weighted by atomic mass is 35.5. The molecule has 5 aromatic rings. The van der Waals surface area contributed by atoms with Gasteiger partial charge in [-0.15, -0.1) is 0 Å². The Labute approximate surface area is 223 Å². The van der Waals surface area contributed by atoms with Crippen LogP contribution in [0.15, 0.2) is 69.6 Å². The molecule has 0 aliphatic heterocycles. The molecule has 188 valence electrons. The monoisotopic (exact) mass is 535 g/mol. The zero-order valence-electron chi connectivity index (χ0n) is 20.3. The van der Waals surface area contributed by atoms with Crippen molar-refractivity contribution in [2.24, 2.45) is 0 Å². The van der Waals surface area contributed by atoms with Crippen molar-refractivity contribution in [3.8, 4) is 28.1 Å². The van der Waals surface area contributed by atoms with Crippen LogP contribution in [0.3, 0.4) is 0 Å². The molecule has 0 atom stereocenters. The molecule has 0 saturated heterocycles. The van der Waals surface area contributed by atoms with Crippen LogP contribution in [0.1, 0.15) is 47.2 Å². The second-order valence-corrected chi connectivity index (χ2v) is 9.87. The van der Waals surface area contributed by atoms with Crippen LogP contribution in [-0.4, -0.2) is 16.2 Å². The Hall–Kier alpha value is -3.74. The molecule has 1 N–H and O–H groups in total. The minimum absolute atomic E-state index is 0.0837. The average Bonchev–Trinajstić information content (AvgIpc) is 3.47. The molecular formula is C29H23Cl2NO5. The molecule has 0 amide bonds. The van der Waals surface area contributed by atoms with Crippen molar-refractivity contribution in [2.45, 2.75) is 33.3 Å². The number of carboxylic acid groups (broad SMARTS) is 1. The number of carbonyl (C=O) groups is 1. The van der Waals surface area contributed by atoms with Gasteiger partial charge in [-0.25, -0.2) is 4.79 Å². The lowest BCUT2D eigenvalue weighted by Gasteiger charge is -2.13. The van der Waals surface area contributed by atoms with Crippen LogP contribution in [0.4, 0.5) is 0 Å². The van der Waals surface area contributed by atoms with Crippen LogP contribution in [0.2, 0.25) is 10.0 Å². The second-order valence-electron chi connectivity index (χ2n) is 9.06. The lowest BCUT2D eigenvalue weighted by atomic mass is 9.99. The standard InChI is InChI=1S/C29H23Cl2NO5/c1-15(2)28-21(27(32-37-28)26-22(30)5-4-6-23(26)31)14-35-19-9-10-20(16(3)11-19)17-7-8-18-13-25(29(33)34)36-24(18)12-17/h4-13,15H,14H2,1-3H3,(H,33,34). The van der Waals surface area contributed by atoms with E-state index in [-0.39, 0.29) is 18.3 Å². The minimum atomic E-state index is -1.09. The van der Waals surface area contributed by atoms with E-state index in [1.165, 1.54) is 6.07 Å². The number of aromatic nitrogens is 1. The highest BCUT2D eigenvalue weighted by Crippen LogP contribution is 2.39. The van der Waals surface area contributed by atoms with Gasteiger partial charge < -0.3 is 18.8 Å². The van der Waals surface area contributed by atoms with Gasteiger partial charge in [0.15, 0.2) is 0 Å². The van der Waals surface area contributed by atoms with Gasteiger partial charge in [-0.3, -0.25) is 0 Å². The first-order valence-corrected chi connectivity index (χ1v) is 12.4. The first-order valence-electron chi connectivity index (χ1n) is 11.7. The number of halogens is 2. The van der Waals surface area contributed by atoms with E-state index in [1.54, 1.807) is 18.2 Å². The molecule has 2 heterocycles. The zero-order chi connectivity index (χ0) is 26.3. The number of hydrogen-bond acceptors (Lipinski definition) is 5. The van der Waals surface area contributed by atoms with E-state index in [1.807, 2.05) is 57.2 Å². The van der Waals surface area contributed by atoms with E-state index >= 15 is 0 Å². The maximum Gasteiger partial charge on any atom is 0.371 e. The maximum absolute atomic E-state index is 11.2. The van der Waals surface area contributed by atoms with Crippen LogP contribution in [-0.2, 0) is 6.61 Å². The van der Waals surface area contributed by atoms with Crippen LogP contribution in [0, 0.1) is 6.92 Å². The molecule has 3 aromatic carbocycles. The van der Waals surface area contributed by atoms with Crippen molar-refractivity contribution in [3.63, 3.8) is 0 Å². The molecule has 37 heavy (non-hydrogen) atoms. The van der Waals surface area contributed by atoms with Gasteiger partial charge in [0.25, 0.3) is 0 Å². The van der Waals surface area contributed by atoms with E-state index in [9.17, 15) is 9.90 Å². The van der Waals surface area contributed by atoms with Crippen molar-refractivity contribution < 1.29 is 23.6 Å². The molecule has 0 aliphatic rings. The summed E-state index contributed by atoms with van der Waals surface area (Å²) in [6.45, 7) is 6.26. The van der Waals surface area contributed by atoms with Crippen LogP contribution >= 0.6 is 23.2 Å². The number of aryl methyl sites for hydroxylation is 1. The Morgan fingerprint density at radius 2 is 1.81 bits per heavy atom. The maximum atomic E-state index is 11.2. The van der Waals surface area contributed by atoms with Crippen molar-refractivity contribution in [1.82, 2.24) is 5.16 Å². The number of carboxylic acids is 1. The summed E-state index contributed by atoms with van der Waals surface area (Å²) in [5, 5.41) is 15.2. The fraction of sp³-hybridized carbons (Fsp3) is 0.172. The molecule has 5 rings (SSSR count).